The first-order valence-corrected chi connectivity index (χ1v) is 4.52. The van der Waals surface area contributed by atoms with Gasteiger partial charge < -0.3 is 15.9 Å². The molecule has 6 heteroatoms. The summed E-state index contributed by atoms with van der Waals surface area (Å²) in [7, 11) is 0. The average molecular weight is 217 g/mol. The maximum Gasteiger partial charge on any atom is 0.307 e. The zero-order valence-electron chi connectivity index (χ0n) is 8.64. The Morgan fingerprint density at radius 2 is 1.60 bits per heavy atom. The fraction of sp³-hybridized carbons (Fsp3) is 0.667. The molecule has 0 aromatic carbocycles. The van der Waals surface area contributed by atoms with Gasteiger partial charge in [-0.3, -0.25) is 14.4 Å². The third-order valence-corrected chi connectivity index (χ3v) is 2.40. The Hall–Kier alpha value is -1.59. The molecule has 0 rings (SSSR count). The van der Waals surface area contributed by atoms with E-state index in [1.165, 1.54) is 13.8 Å². The number of carbonyl (C=O) groups is 3. The third-order valence-electron chi connectivity index (χ3n) is 2.40. The number of primary amides is 1. The largest absolute Gasteiger partial charge is 0.481 e. The molecule has 4 N–H and O–H groups in total. The predicted octanol–water partition coefficient (Wildman–Crippen LogP) is -0.0806. The lowest BCUT2D eigenvalue weighted by atomic mass is 9.86. The molecule has 1 amide bonds. The van der Waals surface area contributed by atoms with E-state index in [-0.39, 0.29) is 6.42 Å². The van der Waals surface area contributed by atoms with Gasteiger partial charge in [0.1, 0.15) is 0 Å². The van der Waals surface area contributed by atoms with Gasteiger partial charge in [-0.2, -0.15) is 0 Å². The molecule has 15 heavy (non-hydrogen) atoms. The van der Waals surface area contributed by atoms with Gasteiger partial charge in [-0.05, 0) is 6.42 Å². The number of aliphatic carboxylic acids is 2. The molecule has 0 aliphatic heterocycles. The molecule has 6 nitrogen and oxygen atoms in total. The lowest BCUT2D eigenvalue weighted by Crippen LogP contribution is -2.32. The van der Waals surface area contributed by atoms with Crippen LogP contribution in [0.3, 0.4) is 0 Å². The van der Waals surface area contributed by atoms with Gasteiger partial charge in [-0.25, -0.2) is 0 Å². The van der Waals surface area contributed by atoms with Crippen molar-refractivity contribution in [2.75, 3.05) is 0 Å². The summed E-state index contributed by atoms with van der Waals surface area (Å²) in [6, 6.07) is 0. The maximum absolute atomic E-state index is 10.8. The molecule has 0 aromatic heterocycles. The van der Waals surface area contributed by atoms with E-state index in [1.54, 1.807) is 0 Å². The third kappa shape index (κ3) is 3.97. The second-order valence-corrected chi connectivity index (χ2v) is 3.61. The van der Waals surface area contributed by atoms with Crippen LogP contribution < -0.4 is 5.73 Å². The van der Waals surface area contributed by atoms with Gasteiger partial charge in [0.15, 0.2) is 0 Å². The number of carboxylic acids is 2. The quantitative estimate of drug-likeness (QED) is 0.575. The molecule has 0 saturated heterocycles. The maximum atomic E-state index is 10.8. The zero-order valence-corrected chi connectivity index (χ0v) is 8.64. The Kier molecular flexibility index (Phi) is 4.77. The highest BCUT2D eigenvalue weighted by molar-refractivity contribution is 5.81. The van der Waals surface area contributed by atoms with E-state index in [0.29, 0.717) is 0 Å². The summed E-state index contributed by atoms with van der Waals surface area (Å²) < 4.78 is 0. The van der Waals surface area contributed by atoms with Crippen molar-refractivity contribution in [3.63, 3.8) is 0 Å². The number of hydrogen-bond acceptors (Lipinski definition) is 3. The molecular formula is C9H15NO5. The number of carbonyl (C=O) groups excluding carboxylic acids is 1. The van der Waals surface area contributed by atoms with Crippen LogP contribution in [-0.4, -0.2) is 28.1 Å². The Bertz CT molecular complexity index is 276. The van der Waals surface area contributed by atoms with Crippen LogP contribution in [0.1, 0.15) is 20.3 Å². The summed E-state index contributed by atoms with van der Waals surface area (Å²) in [6.07, 6.45) is -0.0574. The van der Waals surface area contributed by atoms with Gasteiger partial charge in [0.05, 0.1) is 11.8 Å². The highest BCUT2D eigenvalue weighted by Crippen LogP contribution is 2.21. The van der Waals surface area contributed by atoms with Crippen molar-refractivity contribution in [1.82, 2.24) is 0 Å². The Labute approximate surface area is 87.1 Å². The van der Waals surface area contributed by atoms with E-state index in [1.807, 2.05) is 0 Å². The van der Waals surface area contributed by atoms with E-state index >= 15 is 0 Å². The zero-order chi connectivity index (χ0) is 12.2. The van der Waals surface area contributed by atoms with E-state index in [9.17, 15) is 14.4 Å². The highest BCUT2D eigenvalue weighted by Gasteiger charge is 2.32. The van der Waals surface area contributed by atoms with Crippen molar-refractivity contribution in [3.8, 4) is 0 Å². The number of amides is 1. The van der Waals surface area contributed by atoms with Crippen molar-refractivity contribution < 1.29 is 24.6 Å². The van der Waals surface area contributed by atoms with Gasteiger partial charge in [0.2, 0.25) is 5.91 Å². The topological polar surface area (TPSA) is 118 Å². The first-order chi connectivity index (χ1) is 6.77. The molecule has 0 aliphatic carbocycles. The van der Waals surface area contributed by atoms with E-state index in [4.69, 9.17) is 15.9 Å². The molecule has 0 saturated carbocycles. The summed E-state index contributed by atoms with van der Waals surface area (Å²) in [6.45, 7) is 2.78. The fourth-order valence-corrected chi connectivity index (χ4v) is 1.19. The minimum absolute atomic E-state index is 0.0574. The second kappa shape index (κ2) is 5.33. The summed E-state index contributed by atoms with van der Waals surface area (Å²) >= 11 is 0. The van der Waals surface area contributed by atoms with E-state index in [2.05, 4.69) is 0 Å². The molecule has 3 atom stereocenters. The standard InChI is InChI=1S/C9H15NO5/c1-4(7(10)11)3-6(9(14)15)5(2)8(12)13/h4-6H,3H2,1-2H3,(H2,10,11)(H,12,13)(H,14,15). The molecular weight excluding hydrogens is 202 g/mol. The summed E-state index contributed by atoms with van der Waals surface area (Å²) in [5.41, 5.74) is 4.98. The van der Waals surface area contributed by atoms with E-state index < -0.39 is 35.6 Å². The number of hydrogen-bond donors (Lipinski definition) is 3. The second-order valence-electron chi connectivity index (χ2n) is 3.61. The van der Waals surface area contributed by atoms with Gasteiger partial charge in [0.25, 0.3) is 0 Å². The molecule has 0 fully saturated rings. The molecule has 0 aromatic rings. The van der Waals surface area contributed by atoms with Crippen molar-refractivity contribution >= 4 is 17.8 Å². The minimum atomic E-state index is -1.22. The minimum Gasteiger partial charge on any atom is -0.481 e. The molecule has 86 valence electrons. The van der Waals surface area contributed by atoms with Crippen molar-refractivity contribution in [3.05, 3.63) is 0 Å². The Balaban J connectivity index is 4.62. The monoisotopic (exact) mass is 217 g/mol. The average Bonchev–Trinajstić information content (AvgIpc) is 2.11. The van der Waals surface area contributed by atoms with Crippen molar-refractivity contribution in [2.45, 2.75) is 20.3 Å². The number of rotatable bonds is 6. The SMILES string of the molecule is CC(CC(C(=O)O)C(C)C(=O)O)C(N)=O. The van der Waals surface area contributed by atoms with Gasteiger partial charge in [-0.1, -0.05) is 13.8 Å². The molecule has 0 heterocycles. The molecule has 0 spiro atoms. The van der Waals surface area contributed by atoms with Gasteiger partial charge in [0, 0.05) is 5.92 Å². The molecule has 0 bridgehead atoms. The van der Waals surface area contributed by atoms with Gasteiger partial charge in [-0.15, -0.1) is 0 Å². The van der Waals surface area contributed by atoms with Crippen LogP contribution >= 0.6 is 0 Å². The molecule has 0 radical (unpaired) electrons. The number of nitrogens with two attached hydrogens (primary N) is 1. The Morgan fingerprint density at radius 1 is 1.13 bits per heavy atom. The van der Waals surface area contributed by atoms with Gasteiger partial charge >= 0.3 is 11.9 Å². The van der Waals surface area contributed by atoms with Crippen LogP contribution in [0.15, 0.2) is 0 Å². The van der Waals surface area contributed by atoms with E-state index in [0.717, 1.165) is 0 Å². The van der Waals surface area contributed by atoms with Crippen LogP contribution in [0, 0.1) is 17.8 Å². The smallest absolute Gasteiger partial charge is 0.307 e. The van der Waals surface area contributed by atoms with Crippen molar-refractivity contribution in [2.24, 2.45) is 23.5 Å². The summed E-state index contributed by atoms with van der Waals surface area (Å²) in [4.78, 5) is 32.1. The van der Waals surface area contributed by atoms with Crippen molar-refractivity contribution in [1.29, 1.82) is 0 Å². The Morgan fingerprint density at radius 3 is 1.87 bits per heavy atom. The lowest BCUT2D eigenvalue weighted by molar-refractivity contribution is -0.154. The van der Waals surface area contributed by atoms with Crippen LogP contribution in [-0.2, 0) is 14.4 Å². The fourth-order valence-electron chi connectivity index (χ4n) is 1.19. The molecule has 0 aliphatic rings. The van der Waals surface area contributed by atoms with Crippen LogP contribution in [0.25, 0.3) is 0 Å². The lowest BCUT2D eigenvalue weighted by Gasteiger charge is -2.18. The summed E-state index contributed by atoms with van der Waals surface area (Å²) in [5, 5.41) is 17.5. The summed E-state index contributed by atoms with van der Waals surface area (Å²) in [5.74, 6) is -5.82. The number of carboxylic acid groups (broad SMARTS) is 2. The first kappa shape index (κ1) is 13.4. The normalized spacial score (nSPS) is 16.4. The highest BCUT2D eigenvalue weighted by atomic mass is 16.4. The van der Waals surface area contributed by atoms with Crippen LogP contribution in [0.5, 0.6) is 0 Å². The first-order valence-electron chi connectivity index (χ1n) is 4.52. The molecule has 3 unspecified atom stereocenters. The van der Waals surface area contributed by atoms with Crippen LogP contribution in [0.4, 0.5) is 0 Å². The van der Waals surface area contributed by atoms with Crippen LogP contribution in [0.2, 0.25) is 0 Å². The predicted molar refractivity (Wildman–Crippen MR) is 50.9 cm³/mol.